The minimum Gasteiger partial charge on any atom is -0.344 e. The highest BCUT2D eigenvalue weighted by molar-refractivity contribution is 5.90. The number of rotatable bonds is 4. The number of nitrogens with one attached hydrogen (secondary N) is 1. The highest BCUT2D eigenvalue weighted by atomic mass is 16.2. The molecular formula is C14H14N2O2. The summed E-state index contributed by atoms with van der Waals surface area (Å²) in [7, 11) is 0. The van der Waals surface area contributed by atoms with Crippen LogP contribution in [-0.4, -0.2) is 16.8 Å². The Morgan fingerprint density at radius 2 is 2.00 bits per heavy atom. The molecule has 0 saturated carbocycles. The van der Waals surface area contributed by atoms with Crippen LogP contribution in [0, 0.1) is 6.92 Å². The average Bonchev–Trinajstić information content (AvgIpc) is 2.79. The van der Waals surface area contributed by atoms with Crippen LogP contribution in [0.15, 0.2) is 42.7 Å². The molecule has 92 valence electrons. The molecule has 0 saturated heterocycles. The number of anilines is 1. The van der Waals surface area contributed by atoms with E-state index in [0.717, 1.165) is 17.5 Å². The lowest BCUT2D eigenvalue weighted by Crippen LogP contribution is -2.17. The van der Waals surface area contributed by atoms with E-state index in [9.17, 15) is 9.59 Å². The van der Waals surface area contributed by atoms with Gasteiger partial charge in [-0.3, -0.25) is 9.59 Å². The van der Waals surface area contributed by atoms with Crippen LogP contribution in [0.5, 0.6) is 0 Å². The maximum absolute atomic E-state index is 11.7. The predicted octanol–water partition coefficient (Wildman–Crippen LogP) is 2.25. The monoisotopic (exact) mass is 242 g/mol. The van der Waals surface area contributed by atoms with Gasteiger partial charge in [0.15, 0.2) is 6.29 Å². The molecule has 2 aromatic rings. The molecular weight excluding hydrogens is 228 g/mol. The van der Waals surface area contributed by atoms with Gasteiger partial charge in [0.2, 0.25) is 5.91 Å². The fourth-order valence-electron chi connectivity index (χ4n) is 1.63. The van der Waals surface area contributed by atoms with Crippen molar-refractivity contribution >= 4 is 17.9 Å². The number of hydrogen-bond donors (Lipinski definition) is 1. The Hall–Kier alpha value is -2.36. The van der Waals surface area contributed by atoms with Crippen molar-refractivity contribution < 1.29 is 9.59 Å². The summed E-state index contributed by atoms with van der Waals surface area (Å²) in [4.78, 5) is 22.3. The third kappa shape index (κ3) is 3.07. The van der Waals surface area contributed by atoms with Crippen LogP contribution >= 0.6 is 0 Å². The van der Waals surface area contributed by atoms with E-state index >= 15 is 0 Å². The molecule has 0 radical (unpaired) electrons. The SMILES string of the molecule is Cc1ccc(NC(=O)Cn2ccc(C=O)c2)cc1. The average molecular weight is 242 g/mol. The molecule has 0 spiro atoms. The molecule has 0 bridgehead atoms. The largest absolute Gasteiger partial charge is 0.344 e. The summed E-state index contributed by atoms with van der Waals surface area (Å²) in [6.45, 7) is 2.19. The molecule has 0 aliphatic heterocycles. The first-order valence-electron chi connectivity index (χ1n) is 5.65. The van der Waals surface area contributed by atoms with Gasteiger partial charge in [-0.15, -0.1) is 0 Å². The Bertz CT molecular complexity index is 555. The molecule has 0 atom stereocenters. The zero-order valence-electron chi connectivity index (χ0n) is 10.1. The number of aldehydes is 1. The topological polar surface area (TPSA) is 51.1 Å². The Kier molecular flexibility index (Phi) is 3.57. The first-order chi connectivity index (χ1) is 8.67. The number of aryl methyl sites for hydroxylation is 1. The molecule has 18 heavy (non-hydrogen) atoms. The molecule has 1 aromatic heterocycles. The van der Waals surface area contributed by atoms with Crippen LogP contribution in [0.3, 0.4) is 0 Å². The molecule has 0 aliphatic carbocycles. The molecule has 1 N–H and O–H groups in total. The first kappa shape index (κ1) is 12.1. The molecule has 1 heterocycles. The van der Waals surface area contributed by atoms with Crippen molar-refractivity contribution in [3.63, 3.8) is 0 Å². The Labute approximate surface area is 105 Å². The number of benzene rings is 1. The maximum atomic E-state index is 11.7. The van der Waals surface area contributed by atoms with Crippen LogP contribution in [0.1, 0.15) is 15.9 Å². The number of carbonyl (C=O) groups excluding carboxylic acids is 2. The first-order valence-corrected chi connectivity index (χ1v) is 5.65. The molecule has 1 amide bonds. The number of carbonyl (C=O) groups is 2. The quantitative estimate of drug-likeness (QED) is 0.836. The summed E-state index contributed by atoms with van der Waals surface area (Å²) >= 11 is 0. The van der Waals surface area contributed by atoms with E-state index in [1.807, 2.05) is 31.2 Å². The zero-order chi connectivity index (χ0) is 13.0. The fraction of sp³-hybridized carbons (Fsp3) is 0.143. The van der Waals surface area contributed by atoms with Gasteiger partial charge in [0.25, 0.3) is 0 Å². The Morgan fingerprint density at radius 3 is 2.61 bits per heavy atom. The van der Waals surface area contributed by atoms with Gasteiger partial charge < -0.3 is 9.88 Å². The minimum atomic E-state index is -0.119. The van der Waals surface area contributed by atoms with E-state index in [1.54, 1.807) is 23.0 Å². The summed E-state index contributed by atoms with van der Waals surface area (Å²) in [6.07, 6.45) is 4.11. The van der Waals surface area contributed by atoms with Crippen LogP contribution in [-0.2, 0) is 11.3 Å². The van der Waals surface area contributed by atoms with E-state index in [0.29, 0.717) is 5.56 Å². The van der Waals surface area contributed by atoms with Gasteiger partial charge in [0, 0.05) is 23.6 Å². The zero-order valence-corrected chi connectivity index (χ0v) is 10.1. The molecule has 1 aromatic carbocycles. The van der Waals surface area contributed by atoms with Crippen LogP contribution < -0.4 is 5.32 Å². The maximum Gasteiger partial charge on any atom is 0.244 e. The summed E-state index contributed by atoms with van der Waals surface area (Å²) in [5.74, 6) is -0.119. The van der Waals surface area contributed by atoms with Gasteiger partial charge in [-0.1, -0.05) is 17.7 Å². The number of amides is 1. The van der Waals surface area contributed by atoms with Gasteiger partial charge >= 0.3 is 0 Å². The molecule has 0 aliphatic rings. The van der Waals surface area contributed by atoms with Crippen LogP contribution in [0.2, 0.25) is 0 Å². The summed E-state index contributed by atoms with van der Waals surface area (Å²) < 4.78 is 1.67. The molecule has 4 nitrogen and oxygen atoms in total. The van der Waals surface area contributed by atoms with Gasteiger partial charge in [0.1, 0.15) is 6.54 Å². The lowest BCUT2D eigenvalue weighted by molar-refractivity contribution is -0.116. The van der Waals surface area contributed by atoms with E-state index in [4.69, 9.17) is 0 Å². The van der Waals surface area contributed by atoms with Crippen molar-refractivity contribution in [1.82, 2.24) is 4.57 Å². The van der Waals surface area contributed by atoms with Crippen molar-refractivity contribution in [1.29, 1.82) is 0 Å². The van der Waals surface area contributed by atoms with Crippen LogP contribution in [0.25, 0.3) is 0 Å². The molecule has 0 fully saturated rings. The fourth-order valence-corrected chi connectivity index (χ4v) is 1.63. The Balaban J connectivity index is 1.96. The lowest BCUT2D eigenvalue weighted by Gasteiger charge is -2.06. The second-order valence-electron chi connectivity index (χ2n) is 4.15. The second kappa shape index (κ2) is 5.31. The van der Waals surface area contributed by atoms with E-state index < -0.39 is 0 Å². The normalized spacial score (nSPS) is 10.1. The third-order valence-electron chi connectivity index (χ3n) is 2.57. The van der Waals surface area contributed by atoms with Crippen molar-refractivity contribution in [3.05, 3.63) is 53.9 Å². The van der Waals surface area contributed by atoms with E-state index in [-0.39, 0.29) is 12.5 Å². The second-order valence-corrected chi connectivity index (χ2v) is 4.15. The lowest BCUT2D eigenvalue weighted by atomic mass is 10.2. The highest BCUT2D eigenvalue weighted by Gasteiger charge is 2.03. The standard InChI is InChI=1S/C14H14N2O2/c1-11-2-4-13(5-3-11)15-14(18)9-16-7-6-12(8-16)10-17/h2-8,10H,9H2,1H3,(H,15,18). The summed E-state index contributed by atoms with van der Waals surface area (Å²) in [5.41, 5.74) is 2.49. The number of aromatic nitrogens is 1. The highest BCUT2D eigenvalue weighted by Crippen LogP contribution is 2.08. The van der Waals surface area contributed by atoms with Gasteiger partial charge in [-0.05, 0) is 25.1 Å². The molecule has 2 rings (SSSR count). The van der Waals surface area contributed by atoms with E-state index in [2.05, 4.69) is 5.32 Å². The van der Waals surface area contributed by atoms with Crippen molar-refractivity contribution in [2.24, 2.45) is 0 Å². The minimum absolute atomic E-state index is 0.119. The smallest absolute Gasteiger partial charge is 0.244 e. The van der Waals surface area contributed by atoms with Crippen molar-refractivity contribution in [2.45, 2.75) is 13.5 Å². The van der Waals surface area contributed by atoms with Gasteiger partial charge in [-0.25, -0.2) is 0 Å². The van der Waals surface area contributed by atoms with Crippen molar-refractivity contribution in [3.8, 4) is 0 Å². The van der Waals surface area contributed by atoms with Crippen molar-refractivity contribution in [2.75, 3.05) is 5.32 Å². The molecule has 0 unspecified atom stereocenters. The number of nitrogens with zero attached hydrogens (tertiary/aromatic N) is 1. The summed E-state index contributed by atoms with van der Waals surface area (Å²) in [6, 6.07) is 9.27. The van der Waals surface area contributed by atoms with E-state index in [1.165, 1.54) is 0 Å². The Morgan fingerprint density at radius 1 is 1.28 bits per heavy atom. The number of hydrogen-bond acceptors (Lipinski definition) is 2. The van der Waals surface area contributed by atoms with Gasteiger partial charge in [0.05, 0.1) is 0 Å². The third-order valence-corrected chi connectivity index (χ3v) is 2.57. The predicted molar refractivity (Wildman–Crippen MR) is 69.6 cm³/mol. The molecule has 4 heteroatoms. The summed E-state index contributed by atoms with van der Waals surface area (Å²) in [5, 5.41) is 2.80. The van der Waals surface area contributed by atoms with Gasteiger partial charge in [-0.2, -0.15) is 0 Å². The van der Waals surface area contributed by atoms with Crippen LogP contribution in [0.4, 0.5) is 5.69 Å².